The maximum Gasteiger partial charge on any atom is 0.453 e. The fourth-order valence-electron chi connectivity index (χ4n) is 2.15. The lowest BCUT2D eigenvalue weighted by atomic mass is 10.2. The van der Waals surface area contributed by atoms with E-state index in [2.05, 4.69) is 15.5 Å². The number of carbonyl (C=O) groups is 1. The summed E-state index contributed by atoms with van der Waals surface area (Å²) < 4.78 is 38.0. The first-order chi connectivity index (χ1) is 9.79. The Morgan fingerprint density at radius 1 is 1.43 bits per heavy atom. The van der Waals surface area contributed by atoms with Gasteiger partial charge in [0.05, 0.1) is 5.25 Å². The molecule has 1 fully saturated rings. The molecule has 0 aliphatic heterocycles. The second-order valence-electron chi connectivity index (χ2n) is 4.92. The standard InChI is InChI=1S/C11H16F3N5OS/c1-6(8(20)16-7-4-2-3-5-7)21-10-18-17-9(19(10)15)11(12,13)14/h6-7H,2-5,15H2,1H3,(H,16,20)/t6-/m0/s1. The summed E-state index contributed by atoms with van der Waals surface area (Å²) in [7, 11) is 0. The lowest BCUT2D eigenvalue weighted by Gasteiger charge is -2.15. The van der Waals surface area contributed by atoms with E-state index in [4.69, 9.17) is 5.84 Å². The number of rotatable bonds is 4. The summed E-state index contributed by atoms with van der Waals surface area (Å²) in [5.74, 6) is 3.80. The number of halogens is 3. The molecule has 1 aromatic heterocycles. The van der Waals surface area contributed by atoms with E-state index in [-0.39, 0.29) is 17.1 Å². The van der Waals surface area contributed by atoms with Gasteiger partial charge in [-0.15, -0.1) is 10.2 Å². The molecule has 0 radical (unpaired) electrons. The largest absolute Gasteiger partial charge is 0.453 e. The molecule has 21 heavy (non-hydrogen) atoms. The van der Waals surface area contributed by atoms with Gasteiger partial charge in [0, 0.05) is 6.04 Å². The van der Waals surface area contributed by atoms with Crippen molar-refractivity contribution in [3.05, 3.63) is 5.82 Å². The van der Waals surface area contributed by atoms with Crippen LogP contribution in [0.2, 0.25) is 0 Å². The van der Waals surface area contributed by atoms with Crippen molar-refractivity contribution in [2.24, 2.45) is 0 Å². The molecule has 118 valence electrons. The van der Waals surface area contributed by atoms with E-state index in [9.17, 15) is 18.0 Å². The molecule has 1 aliphatic rings. The highest BCUT2D eigenvalue weighted by Gasteiger charge is 2.38. The third-order valence-electron chi connectivity index (χ3n) is 3.27. The average molecular weight is 323 g/mol. The van der Waals surface area contributed by atoms with E-state index in [0.717, 1.165) is 37.4 Å². The van der Waals surface area contributed by atoms with Crippen molar-refractivity contribution in [3.8, 4) is 0 Å². The summed E-state index contributed by atoms with van der Waals surface area (Å²) >= 11 is 0.851. The van der Waals surface area contributed by atoms with Crippen LogP contribution in [-0.4, -0.2) is 32.1 Å². The number of hydrogen-bond donors (Lipinski definition) is 2. The SMILES string of the molecule is C[C@H](Sc1nnc(C(F)(F)F)n1N)C(=O)NC1CCCC1. The van der Waals surface area contributed by atoms with Gasteiger partial charge in [-0.05, 0) is 19.8 Å². The van der Waals surface area contributed by atoms with Crippen molar-refractivity contribution < 1.29 is 18.0 Å². The molecular formula is C11H16F3N5OS. The Hall–Kier alpha value is -1.45. The van der Waals surface area contributed by atoms with E-state index in [1.807, 2.05) is 0 Å². The fraction of sp³-hybridized carbons (Fsp3) is 0.727. The zero-order valence-corrected chi connectivity index (χ0v) is 12.2. The minimum atomic E-state index is -4.67. The normalized spacial score (nSPS) is 17.9. The Kier molecular flexibility index (Phi) is 4.64. The number of nitrogens with two attached hydrogens (primary N) is 1. The van der Waals surface area contributed by atoms with Crippen LogP contribution >= 0.6 is 11.8 Å². The van der Waals surface area contributed by atoms with Crippen LogP contribution < -0.4 is 11.2 Å². The minimum Gasteiger partial charge on any atom is -0.352 e. The zero-order valence-electron chi connectivity index (χ0n) is 11.4. The summed E-state index contributed by atoms with van der Waals surface area (Å²) in [5, 5.41) is 8.53. The number of nitrogens with one attached hydrogen (secondary N) is 1. The van der Waals surface area contributed by atoms with Gasteiger partial charge in [0.25, 0.3) is 5.82 Å². The first kappa shape index (κ1) is 15.9. The summed E-state index contributed by atoms with van der Waals surface area (Å²) in [5.41, 5.74) is 0. The molecule has 1 saturated carbocycles. The van der Waals surface area contributed by atoms with Crippen LogP contribution in [0.15, 0.2) is 5.16 Å². The Morgan fingerprint density at radius 3 is 2.57 bits per heavy atom. The van der Waals surface area contributed by atoms with Crippen LogP contribution in [0.3, 0.4) is 0 Å². The third-order valence-corrected chi connectivity index (χ3v) is 4.33. The molecule has 1 heterocycles. The maximum atomic E-state index is 12.5. The van der Waals surface area contributed by atoms with Gasteiger partial charge in [-0.2, -0.15) is 13.2 Å². The van der Waals surface area contributed by atoms with Crippen molar-refractivity contribution in [3.63, 3.8) is 0 Å². The number of nitrogens with zero attached hydrogens (tertiary/aromatic N) is 3. The van der Waals surface area contributed by atoms with E-state index >= 15 is 0 Å². The van der Waals surface area contributed by atoms with Crippen molar-refractivity contribution in [1.82, 2.24) is 20.2 Å². The molecular weight excluding hydrogens is 307 g/mol. The fourth-order valence-corrected chi connectivity index (χ4v) is 2.93. The molecule has 6 nitrogen and oxygen atoms in total. The lowest BCUT2D eigenvalue weighted by molar-refractivity contribution is -0.146. The second kappa shape index (κ2) is 6.12. The van der Waals surface area contributed by atoms with E-state index < -0.39 is 17.3 Å². The molecule has 1 amide bonds. The predicted molar refractivity (Wildman–Crippen MR) is 70.9 cm³/mol. The number of hydrogen-bond acceptors (Lipinski definition) is 5. The highest BCUT2D eigenvalue weighted by atomic mass is 32.2. The quantitative estimate of drug-likeness (QED) is 0.648. The van der Waals surface area contributed by atoms with Crippen LogP contribution in [0, 0.1) is 0 Å². The molecule has 0 bridgehead atoms. The van der Waals surface area contributed by atoms with Gasteiger partial charge in [0.1, 0.15) is 0 Å². The Morgan fingerprint density at radius 2 is 2.05 bits per heavy atom. The van der Waals surface area contributed by atoms with Gasteiger partial charge in [-0.25, -0.2) is 4.68 Å². The number of aromatic nitrogens is 3. The number of carbonyl (C=O) groups excluding carboxylic acids is 1. The highest BCUT2D eigenvalue weighted by molar-refractivity contribution is 8.00. The second-order valence-corrected chi connectivity index (χ2v) is 6.23. The van der Waals surface area contributed by atoms with Crippen molar-refractivity contribution >= 4 is 17.7 Å². The van der Waals surface area contributed by atoms with Gasteiger partial charge in [0.15, 0.2) is 0 Å². The molecule has 0 aromatic carbocycles. The summed E-state index contributed by atoms with van der Waals surface area (Å²) in [6.45, 7) is 1.59. The number of amides is 1. The predicted octanol–water partition coefficient (Wildman–Crippen LogP) is 1.55. The highest BCUT2D eigenvalue weighted by Crippen LogP contribution is 2.30. The van der Waals surface area contributed by atoms with Gasteiger partial charge < -0.3 is 11.2 Å². The average Bonchev–Trinajstić information content (AvgIpc) is 2.99. The van der Waals surface area contributed by atoms with Crippen LogP contribution in [0.1, 0.15) is 38.4 Å². The Labute approximate surface area is 123 Å². The molecule has 1 atom stereocenters. The van der Waals surface area contributed by atoms with Gasteiger partial charge in [-0.3, -0.25) is 4.79 Å². The lowest BCUT2D eigenvalue weighted by Crippen LogP contribution is -2.37. The maximum absolute atomic E-state index is 12.5. The number of alkyl halides is 3. The van der Waals surface area contributed by atoms with Crippen LogP contribution in [-0.2, 0) is 11.0 Å². The molecule has 0 saturated heterocycles. The molecule has 0 spiro atoms. The van der Waals surface area contributed by atoms with Gasteiger partial charge >= 0.3 is 6.18 Å². The Bertz CT molecular complexity index is 512. The summed E-state index contributed by atoms with van der Waals surface area (Å²) in [6.07, 6.45) is -0.629. The first-order valence-electron chi connectivity index (χ1n) is 6.53. The van der Waals surface area contributed by atoms with Gasteiger partial charge in [-0.1, -0.05) is 24.6 Å². The smallest absolute Gasteiger partial charge is 0.352 e. The van der Waals surface area contributed by atoms with Crippen LogP contribution in [0.25, 0.3) is 0 Å². The Balaban J connectivity index is 1.97. The number of nitrogen functional groups attached to an aromatic ring is 1. The van der Waals surface area contributed by atoms with E-state index in [1.165, 1.54) is 0 Å². The van der Waals surface area contributed by atoms with Crippen molar-refractivity contribution in [1.29, 1.82) is 0 Å². The summed E-state index contributed by atoms with van der Waals surface area (Å²) in [4.78, 5) is 12.0. The minimum absolute atomic E-state index is 0.142. The third kappa shape index (κ3) is 3.80. The zero-order chi connectivity index (χ0) is 15.6. The molecule has 2 rings (SSSR count). The first-order valence-corrected chi connectivity index (χ1v) is 7.41. The monoisotopic (exact) mass is 323 g/mol. The topological polar surface area (TPSA) is 85.8 Å². The van der Waals surface area contributed by atoms with Gasteiger partial charge in [0.2, 0.25) is 11.1 Å². The molecule has 3 N–H and O–H groups in total. The summed E-state index contributed by atoms with van der Waals surface area (Å²) in [6, 6.07) is 0.155. The van der Waals surface area contributed by atoms with Crippen molar-refractivity contribution in [2.45, 2.75) is 55.2 Å². The molecule has 1 aromatic rings. The molecule has 10 heteroatoms. The van der Waals surface area contributed by atoms with E-state index in [0.29, 0.717) is 4.68 Å². The van der Waals surface area contributed by atoms with Crippen molar-refractivity contribution in [2.75, 3.05) is 5.84 Å². The molecule has 1 aliphatic carbocycles. The number of thioether (sulfide) groups is 1. The van der Waals surface area contributed by atoms with E-state index in [1.54, 1.807) is 6.92 Å². The van der Waals surface area contributed by atoms with Crippen LogP contribution in [0.4, 0.5) is 13.2 Å². The van der Waals surface area contributed by atoms with Crippen LogP contribution in [0.5, 0.6) is 0 Å². The molecule has 0 unspecified atom stereocenters.